The van der Waals surface area contributed by atoms with Crippen molar-refractivity contribution in [2.24, 2.45) is 5.92 Å². The molecule has 1 unspecified atom stereocenters. The van der Waals surface area contributed by atoms with E-state index in [0.29, 0.717) is 25.6 Å². The Morgan fingerprint density at radius 3 is 2.77 bits per heavy atom. The topological polar surface area (TPSA) is 61.4 Å². The van der Waals surface area contributed by atoms with Gasteiger partial charge in [0.15, 0.2) is 0 Å². The van der Waals surface area contributed by atoms with Crippen molar-refractivity contribution in [1.82, 2.24) is 14.3 Å². The number of benzene rings is 1. The molecule has 0 saturated carbocycles. The maximum absolute atomic E-state index is 12.4. The highest BCUT2D eigenvalue weighted by atomic mass is 35.5. The van der Waals surface area contributed by atoms with Gasteiger partial charge in [0, 0.05) is 19.6 Å². The minimum atomic E-state index is -3.35. The minimum absolute atomic E-state index is 0. The molecule has 5 nitrogen and oxygen atoms in total. The molecule has 3 rings (SSSR count). The minimum Gasteiger partial charge on any atom is -0.316 e. The van der Waals surface area contributed by atoms with Gasteiger partial charge in [-0.05, 0) is 49.4 Å². The quantitative estimate of drug-likeness (QED) is 0.845. The number of halogens is 1. The Balaban J connectivity index is 0.00000176. The van der Waals surface area contributed by atoms with Crippen LogP contribution in [0.1, 0.15) is 24.0 Å². The van der Waals surface area contributed by atoms with Crippen molar-refractivity contribution in [3.05, 3.63) is 35.4 Å². The molecule has 1 atom stereocenters. The van der Waals surface area contributed by atoms with Crippen molar-refractivity contribution in [2.75, 3.05) is 26.2 Å². The Hall–Kier alpha value is -0.660. The van der Waals surface area contributed by atoms with Crippen LogP contribution in [0.2, 0.25) is 0 Å². The summed E-state index contributed by atoms with van der Waals surface area (Å²) in [5.74, 6) is 0.606. The summed E-state index contributed by atoms with van der Waals surface area (Å²) in [6, 6.07) is 8.08. The van der Waals surface area contributed by atoms with Gasteiger partial charge in [0.1, 0.15) is 0 Å². The first-order valence-corrected chi connectivity index (χ1v) is 9.11. The molecule has 22 heavy (non-hydrogen) atoms. The number of nitrogens with zero attached hydrogens (tertiary/aromatic N) is 1. The molecular weight excluding hydrogens is 322 g/mol. The van der Waals surface area contributed by atoms with Crippen molar-refractivity contribution in [3.63, 3.8) is 0 Å². The van der Waals surface area contributed by atoms with Gasteiger partial charge in [0.05, 0.1) is 0 Å². The highest BCUT2D eigenvalue weighted by Gasteiger charge is 2.26. The van der Waals surface area contributed by atoms with Crippen LogP contribution in [0.5, 0.6) is 0 Å². The summed E-state index contributed by atoms with van der Waals surface area (Å²) in [5, 5.41) is 3.31. The fourth-order valence-corrected chi connectivity index (χ4v) is 4.32. The fourth-order valence-electron chi connectivity index (χ4n) is 3.12. The second kappa shape index (κ2) is 7.75. The zero-order valence-corrected chi connectivity index (χ0v) is 14.3. The lowest BCUT2D eigenvalue weighted by Crippen LogP contribution is -2.43. The summed E-state index contributed by atoms with van der Waals surface area (Å²) in [7, 11) is -3.35. The predicted octanol–water partition coefficient (Wildman–Crippen LogP) is 1.30. The van der Waals surface area contributed by atoms with Crippen molar-refractivity contribution < 1.29 is 8.42 Å². The molecule has 124 valence electrons. The molecule has 1 fully saturated rings. The SMILES string of the molecule is Cl.O=S(=O)(NCCC1CCNC1)N1CCc2ccccc2C1. The number of rotatable bonds is 5. The normalized spacial score (nSPS) is 22.1. The van der Waals surface area contributed by atoms with Crippen LogP contribution in [0.25, 0.3) is 0 Å². The fraction of sp³-hybridized carbons (Fsp3) is 0.600. The van der Waals surface area contributed by atoms with Crippen LogP contribution < -0.4 is 10.0 Å². The molecule has 1 aromatic rings. The van der Waals surface area contributed by atoms with Gasteiger partial charge < -0.3 is 5.32 Å². The van der Waals surface area contributed by atoms with Gasteiger partial charge in [-0.2, -0.15) is 12.7 Å². The van der Waals surface area contributed by atoms with Gasteiger partial charge in [-0.1, -0.05) is 24.3 Å². The average molecular weight is 346 g/mol. The van der Waals surface area contributed by atoms with Gasteiger partial charge in [-0.15, -0.1) is 12.4 Å². The van der Waals surface area contributed by atoms with E-state index in [1.165, 1.54) is 5.56 Å². The Kier molecular flexibility index (Phi) is 6.23. The van der Waals surface area contributed by atoms with E-state index in [2.05, 4.69) is 16.1 Å². The van der Waals surface area contributed by atoms with E-state index < -0.39 is 10.2 Å². The van der Waals surface area contributed by atoms with Crippen LogP contribution in [0.4, 0.5) is 0 Å². The summed E-state index contributed by atoms with van der Waals surface area (Å²) in [6.07, 6.45) is 2.86. The Bertz CT molecular complexity index is 588. The third-order valence-corrected chi connectivity index (χ3v) is 6.00. The number of nitrogens with one attached hydrogen (secondary N) is 2. The monoisotopic (exact) mass is 345 g/mol. The van der Waals surface area contributed by atoms with E-state index in [1.54, 1.807) is 4.31 Å². The van der Waals surface area contributed by atoms with Gasteiger partial charge in [0.25, 0.3) is 10.2 Å². The highest BCUT2D eigenvalue weighted by molar-refractivity contribution is 7.87. The molecule has 7 heteroatoms. The van der Waals surface area contributed by atoms with Crippen LogP contribution in [0.15, 0.2) is 24.3 Å². The first-order valence-electron chi connectivity index (χ1n) is 7.67. The molecule has 1 saturated heterocycles. The van der Waals surface area contributed by atoms with E-state index in [4.69, 9.17) is 0 Å². The summed E-state index contributed by atoms with van der Waals surface area (Å²) in [4.78, 5) is 0. The molecular formula is C15H24ClN3O2S. The molecule has 2 N–H and O–H groups in total. The van der Waals surface area contributed by atoms with E-state index in [0.717, 1.165) is 37.9 Å². The lowest BCUT2D eigenvalue weighted by Gasteiger charge is -2.28. The van der Waals surface area contributed by atoms with Crippen molar-refractivity contribution >= 4 is 22.6 Å². The van der Waals surface area contributed by atoms with Gasteiger partial charge in [-0.25, -0.2) is 4.72 Å². The van der Waals surface area contributed by atoms with Crippen molar-refractivity contribution in [3.8, 4) is 0 Å². The van der Waals surface area contributed by atoms with E-state index >= 15 is 0 Å². The molecule has 0 aromatic heterocycles. The molecule has 2 aliphatic heterocycles. The predicted molar refractivity (Wildman–Crippen MR) is 90.3 cm³/mol. The van der Waals surface area contributed by atoms with Crippen LogP contribution in [-0.4, -0.2) is 38.9 Å². The highest BCUT2D eigenvalue weighted by Crippen LogP contribution is 2.20. The van der Waals surface area contributed by atoms with Crippen LogP contribution in [0.3, 0.4) is 0 Å². The lowest BCUT2D eigenvalue weighted by atomic mass is 10.0. The van der Waals surface area contributed by atoms with E-state index in [9.17, 15) is 8.42 Å². The second-order valence-corrected chi connectivity index (χ2v) is 7.65. The number of hydrogen-bond acceptors (Lipinski definition) is 3. The molecule has 0 radical (unpaired) electrons. The maximum atomic E-state index is 12.4. The summed E-state index contributed by atoms with van der Waals surface area (Å²) < 4.78 is 29.1. The van der Waals surface area contributed by atoms with Gasteiger partial charge in [-0.3, -0.25) is 0 Å². The first kappa shape index (κ1) is 17.7. The van der Waals surface area contributed by atoms with Crippen molar-refractivity contribution in [1.29, 1.82) is 0 Å². The molecule has 0 bridgehead atoms. The molecule has 0 aliphatic carbocycles. The summed E-state index contributed by atoms with van der Waals surface area (Å²) >= 11 is 0. The molecule has 1 aromatic carbocycles. The second-order valence-electron chi connectivity index (χ2n) is 5.90. The molecule has 0 spiro atoms. The third kappa shape index (κ3) is 4.20. The number of hydrogen-bond donors (Lipinski definition) is 2. The third-order valence-electron chi connectivity index (χ3n) is 4.43. The largest absolute Gasteiger partial charge is 0.316 e. The first-order chi connectivity index (χ1) is 10.1. The molecule has 0 amide bonds. The zero-order valence-electron chi connectivity index (χ0n) is 12.6. The van der Waals surface area contributed by atoms with Crippen molar-refractivity contribution in [2.45, 2.75) is 25.8 Å². The number of fused-ring (bicyclic) bond motifs is 1. The van der Waals surface area contributed by atoms with E-state index in [1.807, 2.05) is 18.2 Å². The molecule has 2 aliphatic rings. The van der Waals surface area contributed by atoms with Crippen LogP contribution >= 0.6 is 12.4 Å². The van der Waals surface area contributed by atoms with E-state index in [-0.39, 0.29) is 12.4 Å². The Morgan fingerprint density at radius 1 is 1.27 bits per heavy atom. The smallest absolute Gasteiger partial charge is 0.279 e. The summed E-state index contributed by atoms with van der Waals surface area (Å²) in [5.41, 5.74) is 2.38. The zero-order chi connectivity index (χ0) is 14.7. The van der Waals surface area contributed by atoms with Gasteiger partial charge in [0.2, 0.25) is 0 Å². The maximum Gasteiger partial charge on any atom is 0.279 e. The Labute approximate surface area is 139 Å². The van der Waals surface area contributed by atoms with Gasteiger partial charge >= 0.3 is 0 Å². The van der Waals surface area contributed by atoms with Crippen LogP contribution in [0, 0.1) is 5.92 Å². The Morgan fingerprint density at radius 2 is 2.05 bits per heavy atom. The standard InChI is InChI=1S/C15H23N3O2S.ClH/c19-21(20,17-9-6-13-5-8-16-11-13)18-10-7-14-3-1-2-4-15(14)12-18;/h1-4,13,16-17H,5-12H2;1H. The lowest BCUT2D eigenvalue weighted by molar-refractivity contribution is 0.382. The summed E-state index contributed by atoms with van der Waals surface area (Å²) in [6.45, 7) is 3.65. The average Bonchev–Trinajstić information content (AvgIpc) is 3.00. The van der Waals surface area contributed by atoms with Crippen LogP contribution in [-0.2, 0) is 23.2 Å². The molecule has 2 heterocycles.